The number of hydrogen-bond donors (Lipinski definition) is 0. The molecule has 0 radical (unpaired) electrons. The second-order valence-corrected chi connectivity index (χ2v) is 8.88. The van der Waals surface area contributed by atoms with Gasteiger partial charge in [0.2, 0.25) is 0 Å². The maximum absolute atomic E-state index is 11.8. The van der Waals surface area contributed by atoms with Crippen LogP contribution in [-0.4, -0.2) is 19.7 Å². The molecule has 5 nitrogen and oxygen atoms in total. The monoisotopic (exact) mass is 412 g/mol. The topological polar surface area (TPSA) is 65.7 Å². The molecule has 1 aliphatic rings. The van der Waals surface area contributed by atoms with Crippen molar-refractivity contribution in [1.82, 2.24) is 0 Å². The quantitative estimate of drug-likeness (QED) is 0.355. The molecule has 1 fully saturated rings. The fourth-order valence-electron chi connectivity index (χ4n) is 4.70. The number of benzene rings is 1. The van der Waals surface area contributed by atoms with Gasteiger partial charge in [0, 0.05) is 29.4 Å². The Hall–Kier alpha value is -2.56. The summed E-state index contributed by atoms with van der Waals surface area (Å²) in [4.78, 5) is 23.4. The van der Waals surface area contributed by atoms with E-state index in [2.05, 4.69) is 27.7 Å². The molecule has 1 heterocycles. The molecule has 1 saturated carbocycles. The third-order valence-electron chi connectivity index (χ3n) is 6.84. The van der Waals surface area contributed by atoms with Gasteiger partial charge in [0.25, 0.3) is 0 Å². The van der Waals surface area contributed by atoms with E-state index < -0.39 is 0 Å². The second kappa shape index (κ2) is 9.07. The first-order valence-corrected chi connectivity index (χ1v) is 10.6. The maximum Gasteiger partial charge on any atom is 0.336 e. The van der Waals surface area contributed by atoms with Gasteiger partial charge in [-0.1, -0.05) is 25.0 Å². The molecule has 0 N–H and O–H groups in total. The maximum atomic E-state index is 11.8. The normalized spacial score (nSPS) is 24.0. The van der Waals surface area contributed by atoms with Crippen molar-refractivity contribution in [3.05, 3.63) is 51.9 Å². The van der Waals surface area contributed by atoms with Crippen LogP contribution in [0, 0.1) is 17.3 Å². The SMILES string of the molecule is COC(=O)CC[C@H]1C(=C(C)C)CC[C@H](C)[C@@]1(C)COc1ccc2ccc(=O)oc2c1. The number of esters is 1. The highest BCUT2D eigenvalue weighted by Crippen LogP contribution is 2.51. The van der Waals surface area contributed by atoms with Crippen LogP contribution < -0.4 is 10.4 Å². The predicted octanol–water partition coefficient (Wildman–Crippen LogP) is 5.51. The highest BCUT2D eigenvalue weighted by molar-refractivity contribution is 5.77. The number of allylic oxidation sites excluding steroid dienone is 2. The van der Waals surface area contributed by atoms with Gasteiger partial charge in [-0.15, -0.1) is 0 Å². The minimum Gasteiger partial charge on any atom is -0.493 e. The predicted molar refractivity (Wildman–Crippen MR) is 118 cm³/mol. The van der Waals surface area contributed by atoms with Crippen LogP contribution in [-0.2, 0) is 9.53 Å². The Kier molecular flexibility index (Phi) is 6.69. The first kappa shape index (κ1) is 22.1. The smallest absolute Gasteiger partial charge is 0.336 e. The molecule has 162 valence electrons. The average molecular weight is 413 g/mol. The zero-order valence-corrected chi connectivity index (χ0v) is 18.6. The Morgan fingerprint density at radius 3 is 2.67 bits per heavy atom. The van der Waals surface area contributed by atoms with E-state index >= 15 is 0 Å². The molecule has 1 aliphatic carbocycles. The molecule has 0 spiro atoms. The summed E-state index contributed by atoms with van der Waals surface area (Å²) in [5.41, 5.74) is 2.80. The first-order chi connectivity index (χ1) is 14.2. The molecular formula is C25H32O5. The largest absolute Gasteiger partial charge is 0.493 e. The van der Waals surface area contributed by atoms with E-state index in [1.807, 2.05) is 12.1 Å². The van der Waals surface area contributed by atoms with Crippen molar-refractivity contribution < 1.29 is 18.7 Å². The van der Waals surface area contributed by atoms with E-state index in [-0.39, 0.29) is 22.9 Å². The minimum atomic E-state index is -0.372. The van der Waals surface area contributed by atoms with E-state index in [9.17, 15) is 9.59 Å². The molecule has 0 bridgehead atoms. The third kappa shape index (κ3) is 4.61. The van der Waals surface area contributed by atoms with E-state index in [1.54, 1.807) is 12.1 Å². The molecule has 5 heteroatoms. The van der Waals surface area contributed by atoms with Crippen molar-refractivity contribution in [1.29, 1.82) is 0 Å². The number of fused-ring (bicyclic) bond motifs is 1. The van der Waals surface area contributed by atoms with Crippen LogP contribution >= 0.6 is 0 Å². The van der Waals surface area contributed by atoms with Crippen molar-refractivity contribution in [2.75, 3.05) is 13.7 Å². The number of methoxy groups -OCH3 is 1. The summed E-state index contributed by atoms with van der Waals surface area (Å²) in [5, 5.41) is 0.863. The van der Waals surface area contributed by atoms with Crippen LogP contribution in [0.1, 0.15) is 53.4 Å². The van der Waals surface area contributed by atoms with Gasteiger partial charge in [0.05, 0.1) is 13.7 Å². The number of carbonyl (C=O) groups excluding carboxylic acids is 1. The second-order valence-electron chi connectivity index (χ2n) is 8.88. The Balaban J connectivity index is 1.86. The summed E-state index contributed by atoms with van der Waals surface area (Å²) in [6.07, 6.45) is 3.32. The molecule has 0 amide bonds. The molecule has 3 rings (SSSR count). The van der Waals surface area contributed by atoms with Gasteiger partial charge in [-0.05, 0) is 63.1 Å². The van der Waals surface area contributed by atoms with Gasteiger partial charge in [0.1, 0.15) is 11.3 Å². The van der Waals surface area contributed by atoms with Crippen LogP contribution in [0.3, 0.4) is 0 Å². The standard InChI is InChI=1S/C25H32O5/c1-16(2)20-10-6-17(3)25(4,21(20)11-13-23(26)28-5)15-29-19-9-7-18-8-12-24(27)30-22(18)14-19/h7-9,12,14,17,21H,6,10-11,13,15H2,1-5H3/t17-,21-,25+/m0/s1. The molecule has 0 unspecified atom stereocenters. The van der Waals surface area contributed by atoms with E-state index in [4.69, 9.17) is 13.9 Å². The van der Waals surface area contributed by atoms with Crippen LogP contribution in [0.15, 0.2) is 50.7 Å². The van der Waals surface area contributed by atoms with Gasteiger partial charge in [-0.25, -0.2) is 4.79 Å². The number of rotatable bonds is 6. The highest BCUT2D eigenvalue weighted by atomic mass is 16.5. The van der Waals surface area contributed by atoms with Crippen molar-refractivity contribution in [3.8, 4) is 5.75 Å². The lowest BCUT2D eigenvalue weighted by molar-refractivity contribution is -0.141. The molecule has 0 saturated heterocycles. The Morgan fingerprint density at radius 1 is 1.23 bits per heavy atom. The zero-order chi connectivity index (χ0) is 21.9. The van der Waals surface area contributed by atoms with Gasteiger partial charge in [-0.2, -0.15) is 0 Å². The number of carbonyl (C=O) groups is 1. The van der Waals surface area contributed by atoms with Gasteiger partial charge in [0.15, 0.2) is 0 Å². The van der Waals surface area contributed by atoms with Crippen LogP contribution in [0.5, 0.6) is 5.75 Å². The highest BCUT2D eigenvalue weighted by Gasteiger charge is 2.45. The van der Waals surface area contributed by atoms with Gasteiger partial charge >= 0.3 is 11.6 Å². The van der Waals surface area contributed by atoms with E-state index in [0.717, 1.165) is 24.6 Å². The van der Waals surface area contributed by atoms with Crippen LogP contribution in [0.2, 0.25) is 0 Å². The summed E-state index contributed by atoms with van der Waals surface area (Å²) in [5.74, 6) is 1.21. The first-order valence-electron chi connectivity index (χ1n) is 10.6. The average Bonchev–Trinajstić information content (AvgIpc) is 2.72. The minimum absolute atomic E-state index is 0.120. The van der Waals surface area contributed by atoms with Crippen LogP contribution in [0.4, 0.5) is 0 Å². The molecule has 0 aliphatic heterocycles. The molecular weight excluding hydrogens is 380 g/mol. The third-order valence-corrected chi connectivity index (χ3v) is 6.84. The molecule has 3 atom stereocenters. The van der Waals surface area contributed by atoms with Crippen molar-refractivity contribution in [3.63, 3.8) is 0 Å². The van der Waals surface area contributed by atoms with E-state index in [0.29, 0.717) is 30.3 Å². The fourth-order valence-corrected chi connectivity index (χ4v) is 4.70. The summed E-state index contributed by atoms with van der Waals surface area (Å²) in [7, 11) is 1.44. The fraction of sp³-hybridized carbons (Fsp3) is 0.520. The Morgan fingerprint density at radius 2 is 1.97 bits per heavy atom. The van der Waals surface area contributed by atoms with E-state index in [1.165, 1.54) is 24.3 Å². The summed E-state index contributed by atoms with van der Waals surface area (Å²) in [6.45, 7) is 9.38. The Bertz CT molecular complexity index is 998. The zero-order valence-electron chi connectivity index (χ0n) is 18.6. The van der Waals surface area contributed by atoms with Gasteiger partial charge in [-0.3, -0.25) is 4.79 Å². The lowest BCUT2D eigenvalue weighted by atomic mass is 9.58. The number of hydrogen-bond acceptors (Lipinski definition) is 5. The molecule has 1 aromatic carbocycles. The lowest BCUT2D eigenvalue weighted by Gasteiger charge is -2.48. The molecule has 2 aromatic rings. The Labute approximate surface area is 178 Å². The van der Waals surface area contributed by atoms with Crippen molar-refractivity contribution in [2.24, 2.45) is 17.3 Å². The molecule has 30 heavy (non-hydrogen) atoms. The summed E-state index contributed by atoms with van der Waals surface area (Å²) < 4.78 is 16.4. The summed E-state index contributed by atoms with van der Waals surface area (Å²) >= 11 is 0. The number of ether oxygens (including phenoxy) is 2. The van der Waals surface area contributed by atoms with Crippen molar-refractivity contribution in [2.45, 2.75) is 53.4 Å². The summed E-state index contributed by atoms with van der Waals surface area (Å²) in [6, 6.07) is 8.75. The molecule has 1 aromatic heterocycles. The lowest BCUT2D eigenvalue weighted by Crippen LogP contribution is -2.44. The van der Waals surface area contributed by atoms with Gasteiger partial charge < -0.3 is 13.9 Å². The van der Waals surface area contributed by atoms with Crippen LogP contribution in [0.25, 0.3) is 11.0 Å². The van der Waals surface area contributed by atoms with Crippen molar-refractivity contribution >= 4 is 16.9 Å².